The summed E-state index contributed by atoms with van der Waals surface area (Å²) < 4.78 is 10.9. The normalized spacial score (nSPS) is 15.1. The van der Waals surface area contributed by atoms with Crippen LogP contribution in [0, 0.1) is 0 Å². The van der Waals surface area contributed by atoms with E-state index in [1.165, 1.54) is 0 Å². The van der Waals surface area contributed by atoms with Crippen molar-refractivity contribution in [3.05, 3.63) is 54.4 Å². The maximum absolute atomic E-state index is 12.4. The Morgan fingerprint density at radius 2 is 1.85 bits per heavy atom. The summed E-state index contributed by atoms with van der Waals surface area (Å²) in [5.74, 6) is 1.48. The van der Waals surface area contributed by atoms with Crippen LogP contribution in [-0.2, 0) is 6.54 Å². The Morgan fingerprint density at radius 3 is 2.56 bits per heavy atom. The Kier molecular flexibility index (Phi) is 4.93. The van der Waals surface area contributed by atoms with Crippen molar-refractivity contribution in [2.24, 2.45) is 0 Å². The number of anilines is 1. The average molecular weight is 366 g/mol. The highest BCUT2D eigenvalue weighted by molar-refractivity contribution is 5.89. The summed E-state index contributed by atoms with van der Waals surface area (Å²) in [5, 5.41) is 2.93. The largest absolute Gasteiger partial charge is 0.497 e. The Balaban J connectivity index is 1.29. The predicted octanol–water partition coefficient (Wildman–Crippen LogP) is 3.19. The molecule has 0 unspecified atom stereocenters. The molecule has 1 aliphatic heterocycles. The second kappa shape index (κ2) is 7.67. The monoisotopic (exact) mass is 366 g/mol. The number of carbonyl (C=O) groups excluding carboxylic acids is 1. The third-order valence-corrected chi connectivity index (χ3v) is 4.70. The number of fused-ring (bicyclic) bond motifs is 1. The number of nitrogens with zero attached hydrogens (tertiary/aromatic N) is 3. The number of hydrogen-bond acceptors (Lipinski definition) is 5. The molecule has 0 saturated carbocycles. The number of carbonyl (C=O) groups is 1. The van der Waals surface area contributed by atoms with Gasteiger partial charge in [0.1, 0.15) is 11.3 Å². The first kappa shape index (κ1) is 17.4. The molecule has 1 aliphatic rings. The third kappa shape index (κ3) is 4.03. The number of urea groups is 1. The van der Waals surface area contributed by atoms with Gasteiger partial charge < -0.3 is 19.4 Å². The molecule has 1 aromatic heterocycles. The zero-order valence-corrected chi connectivity index (χ0v) is 15.2. The Morgan fingerprint density at radius 1 is 1.11 bits per heavy atom. The minimum absolute atomic E-state index is 0.0818. The number of nitrogens with one attached hydrogen (secondary N) is 1. The summed E-state index contributed by atoms with van der Waals surface area (Å²) in [4.78, 5) is 21.0. The first-order valence-electron chi connectivity index (χ1n) is 8.98. The van der Waals surface area contributed by atoms with Gasteiger partial charge in [0.15, 0.2) is 5.58 Å². The molecule has 2 heterocycles. The van der Waals surface area contributed by atoms with E-state index in [9.17, 15) is 4.79 Å². The second-order valence-electron chi connectivity index (χ2n) is 6.50. The quantitative estimate of drug-likeness (QED) is 0.768. The molecule has 7 nitrogen and oxygen atoms in total. The molecule has 0 radical (unpaired) electrons. The summed E-state index contributed by atoms with van der Waals surface area (Å²) in [6.45, 7) is 3.57. The van der Waals surface area contributed by atoms with Crippen molar-refractivity contribution in [3.63, 3.8) is 0 Å². The minimum atomic E-state index is -0.0818. The molecule has 7 heteroatoms. The molecule has 4 rings (SSSR count). The van der Waals surface area contributed by atoms with Gasteiger partial charge in [0.25, 0.3) is 0 Å². The highest BCUT2D eigenvalue weighted by atomic mass is 16.5. The number of methoxy groups -OCH3 is 1. The molecule has 2 aromatic carbocycles. The fourth-order valence-electron chi connectivity index (χ4n) is 3.16. The lowest BCUT2D eigenvalue weighted by Crippen LogP contribution is -2.49. The van der Waals surface area contributed by atoms with Crippen LogP contribution in [0.3, 0.4) is 0 Å². The molecule has 0 aliphatic carbocycles. The minimum Gasteiger partial charge on any atom is -0.497 e. The lowest BCUT2D eigenvalue weighted by atomic mass is 10.3. The van der Waals surface area contributed by atoms with Crippen molar-refractivity contribution >= 4 is 22.8 Å². The Labute approximate surface area is 157 Å². The van der Waals surface area contributed by atoms with E-state index >= 15 is 0 Å². The van der Waals surface area contributed by atoms with Crippen molar-refractivity contribution in [1.29, 1.82) is 0 Å². The van der Waals surface area contributed by atoms with Crippen LogP contribution >= 0.6 is 0 Å². The number of aromatic nitrogens is 1. The fraction of sp³-hybridized carbons (Fsp3) is 0.300. The summed E-state index contributed by atoms with van der Waals surface area (Å²) in [5.41, 5.74) is 2.45. The van der Waals surface area contributed by atoms with E-state index in [2.05, 4.69) is 15.2 Å². The summed E-state index contributed by atoms with van der Waals surface area (Å²) in [6.07, 6.45) is 0. The number of hydrogen-bond donors (Lipinski definition) is 1. The fourth-order valence-corrected chi connectivity index (χ4v) is 3.16. The van der Waals surface area contributed by atoms with Crippen molar-refractivity contribution in [2.75, 3.05) is 38.6 Å². The van der Waals surface area contributed by atoms with E-state index in [4.69, 9.17) is 9.15 Å². The van der Waals surface area contributed by atoms with Crippen LogP contribution < -0.4 is 10.1 Å². The summed E-state index contributed by atoms with van der Waals surface area (Å²) >= 11 is 0. The third-order valence-electron chi connectivity index (χ3n) is 4.70. The van der Waals surface area contributed by atoms with Crippen LogP contribution in [0.2, 0.25) is 0 Å². The number of benzene rings is 2. The van der Waals surface area contributed by atoms with Crippen molar-refractivity contribution in [2.45, 2.75) is 6.54 Å². The molecule has 1 saturated heterocycles. The molecule has 0 atom stereocenters. The van der Waals surface area contributed by atoms with Crippen LogP contribution in [0.25, 0.3) is 11.1 Å². The summed E-state index contributed by atoms with van der Waals surface area (Å²) in [7, 11) is 1.62. The number of oxazole rings is 1. The lowest BCUT2D eigenvalue weighted by Gasteiger charge is -2.34. The van der Waals surface area contributed by atoms with Gasteiger partial charge in [0.2, 0.25) is 5.89 Å². The van der Waals surface area contributed by atoms with Crippen LogP contribution in [0.15, 0.2) is 52.9 Å². The maximum Gasteiger partial charge on any atom is 0.321 e. The van der Waals surface area contributed by atoms with Crippen LogP contribution in [0.4, 0.5) is 10.5 Å². The first-order chi connectivity index (χ1) is 13.2. The SMILES string of the molecule is COc1ccc(NC(=O)N2CCN(Cc3nc4ccccc4o3)CC2)cc1. The van der Waals surface area contributed by atoms with E-state index in [1.807, 2.05) is 53.4 Å². The van der Waals surface area contributed by atoms with Crippen LogP contribution in [0.1, 0.15) is 5.89 Å². The molecular weight excluding hydrogens is 344 g/mol. The van der Waals surface area contributed by atoms with E-state index in [-0.39, 0.29) is 6.03 Å². The Bertz CT molecular complexity index is 881. The van der Waals surface area contributed by atoms with E-state index in [0.717, 1.165) is 35.6 Å². The first-order valence-corrected chi connectivity index (χ1v) is 8.98. The number of rotatable bonds is 4. The predicted molar refractivity (Wildman–Crippen MR) is 103 cm³/mol. The zero-order valence-electron chi connectivity index (χ0n) is 15.2. The van der Waals surface area contributed by atoms with Crippen molar-refractivity contribution in [3.8, 4) is 5.75 Å². The van der Waals surface area contributed by atoms with Crippen molar-refractivity contribution in [1.82, 2.24) is 14.8 Å². The van der Waals surface area contributed by atoms with Crippen molar-refractivity contribution < 1.29 is 13.9 Å². The maximum atomic E-state index is 12.4. The van der Waals surface area contributed by atoms with Gasteiger partial charge in [-0.2, -0.15) is 0 Å². The highest BCUT2D eigenvalue weighted by Gasteiger charge is 2.22. The van der Waals surface area contributed by atoms with Gasteiger partial charge in [-0.3, -0.25) is 4.90 Å². The molecule has 2 amide bonds. The van der Waals surface area contributed by atoms with Gasteiger partial charge in [-0.15, -0.1) is 0 Å². The molecule has 1 fully saturated rings. The second-order valence-corrected chi connectivity index (χ2v) is 6.50. The highest BCUT2D eigenvalue weighted by Crippen LogP contribution is 2.18. The van der Waals surface area contributed by atoms with E-state index in [0.29, 0.717) is 25.5 Å². The molecule has 3 aromatic rings. The molecule has 27 heavy (non-hydrogen) atoms. The van der Waals surface area contributed by atoms with Gasteiger partial charge in [-0.25, -0.2) is 9.78 Å². The standard InChI is InChI=1S/C20H22N4O3/c1-26-16-8-6-15(7-9-16)21-20(25)24-12-10-23(11-13-24)14-19-22-17-4-2-3-5-18(17)27-19/h2-9H,10-14H2,1H3,(H,21,25). The zero-order chi connectivity index (χ0) is 18.6. The molecule has 0 bridgehead atoms. The topological polar surface area (TPSA) is 70.8 Å². The number of ether oxygens (including phenoxy) is 1. The molecule has 1 N–H and O–H groups in total. The lowest BCUT2D eigenvalue weighted by molar-refractivity contribution is 0.136. The van der Waals surface area contributed by atoms with Gasteiger partial charge >= 0.3 is 6.03 Å². The van der Waals surface area contributed by atoms with E-state index in [1.54, 1.807) is 7.11 Å². The van der Waals surface area contributed by atoms with Gasteiger partial charge in [0, 0.05) is 31.9 Å². The van der Waals surface area contributed by atoms with E-state index < -0.39 is 0 Å². The van der Waals surface area contributed by atoms with Gasteiger partial charge in [-0.05, 0) is 36.4 Å². The van der Waals surface area contributed by atoms with Crippen LogP contribution in [-0.4, -0.2) is 54.1 Å². The Hall–Kier alpha value is -3.06. The number of amides is 2. The molecule has 0 spiro atoms. The van der Waals surface area contributed by atoms with Gasteiger partial charge in [0.05, 0.1) is 13.7 Å². The summed E-state index contributed by atoms with van der Waals surface area (Å²) in [6, 6.07) is 15.0. The van der Waals surface area contributed by atoms with Crippen LogP contribution in [0.5, 0.6) is 5.75 Å². The molecular formula is C20H22N4O3. The number of para-hydroxylation sites is 2. The average Bonchev–Trinajstić information content (AvgIpc) is 3.11. The van der Waals surface area contributed by atoms with Gasteiger partial charge in [-0.1, -0.05) is 12.1 Å². The smallest absolute Gasteiger partial charge is 0.321 e. The number of piperazine rings is 1. The molecule has 140 valence electrons.